The fraction of sp³-hybridized carbons (Fsp3) is 0.0400. The smallest absolute Gasteiger partial charge is 0.265 e. The van der Waals surface area contributed by atoms with Crippen LogP contribution < -0.4 is 32.1 Å². The maximum Gasteiger partial charge on any atom is 0.265 e. The number of nitrogens with zero attached hydrogens (tertiary/aromatic N) is 1. The van der Waals surface area contributed by atoms with Crippen LogP contribution in [-0.2, 0) is 16.2 Å². The van der Waals surface area contributed by atoms with Crippen LogP contribution in [0.25, 0.3) is 10.9 Å². The Balaban J connectivity index is 0.000000171. The van der Waals surface area contributed by atoms with Crippen molar-refractivity contribution in [3.63, 3.8) is 0 Å². The number of hydrogen-bond acceptors (Lipinski definition) is 5. The Morgan fingerprint density at radius 1 is 0.567 bits per heavy atom. The summed E-state index contributed by atoms with van der Waals surface area (Å²) in [5.41, 5.74) is -0.233. The predicted molar refractivity (Wildman–Crippen MR) is 241 cm³/mol. The van der Waals surface area contributed by atoms with E-state index in [2.05, 4.69) is 6.58 Å². The van der Waals surface area contributed by atoms with Gasteiger partial charge in [0.1, 0.15) is 17.1 Å². The summed E-state index contributed by atoms with van der Waals surface area (Å²) in [6, 6.07) is 59.9. The summed E-state index contributed by atoms with van der Waals surface area (Å²) in [5.74, 6) is -1.47. The molecule has 0 fully saturated rings. The predicted octanol–water partition coefficient (Wildman–Crippen LogP) is 9.47. The number of carbonyl (C=O) groups excluding carboxylic acids is 1. The van der Waals surface area contributed by atoms with E-state index in [1.54, 1.807) is 24.3 Å². The zero-order chi connectivity index (χ0) is 42.0. The van der Waals surface area contributed by atoms with Crippen molar-refractivity contribution in [1.29, 1.82) is 0 Å². The molecular formula is C50H42EuFNO5P2. The molecule has 0 aliphatic rings. The van der Waals surface area contributed by atoms with Crippen LogP contribution in [0.5, 0.6) is 5.75 Å². The van der Waals surface area contributed by atoms with Crippen molar-refractivity contribution in [3.8, 4) is 5.75 Å². The van der Waals surface area contributed by atoms with Crippen LogP contribution in [-0.4, -0.2) is 15.5 Å². The van der Waals surface area contributed by atoms with Gasteiger partial charge >= 0.3 is 0 Å². The van der Waals surface area contributed by atoms with Gasteiger partial charge in [-0.2, -0.15) is 0 Å². The largest absolute Gasteiger partial charge is 0.506 e. The molecule has 60 heavy (non-hydrogen) atoms. The Morgan fingerprint density at radius 2 is 0.917 bits per heavy atom. The molecule has 0 atom stereocenters. The average molecular weight is 970 g/mol. The molecule has 6 nitrogen and oxygen atoms in total. The first-order valence-corrected chi connectivity index (χ1v) is 22.1. The van der Waals surface area contributed by atoms with Gasteiger partial charge in [0.25, 0.3) is 5.56 Å². The van der Waals surface area contributed by atoms with Gasteiger partial charge in [0, 0.05) is 93.9 Å². The Morgan fingerprint density at radius 3 is 1.30 bits per heavy atom. The molecule has 8 aromatic rings. The molecule has 0 saturated heterocycles. The average Bonchev–Trinajstić information content (AvgIpc) is 3.30. The first-order valence-electron chi connectivity index (χ1n) is 18.7. The number of fused-ring (bicyclic) bond motifs is 1. The molecule has 8 rings (SSSR count). The molecule has 1 radical (unpaired) electrons. The maximum atomic E-state index is 13.8. The molecule has 10 heteroatoms. The van der Waals surface area contributed by atoms with Gasteiger partial charge in [-0.05, 0) is 48.6 Å². The Kier molecular flexibility index (Phi) is 16.1. The monoisotopic (exact) mass is 970 g/mol. The zero-order valence-electron chi connectivity index (χ0n) is 32.9. The number of carbonyl (C=O) groups is 1. The van der Waals surface area contributed by atoms with Gasteiger partial charge in [-0.15, -0.1) is 0 Å². The summed E-state index contributed by atoms with van der Waals surface area (Å²) < 4.78 is 41.3. The summed E-state index contributed by atoms with van der Waals surface area (Å²) in [7, 11) is -3.93. The molecule has 1 aromatic heterocycles. The first kappa shape index (κ1) is 46.0. The summed E-state index contributed by atoms with van der Waals surface area (Å²) in [4.78, 5) is 24.9. The Bertz CT molecular complexity index is 2710. The van der Waals surface area contributed by atoms with Gasteiger partial charge in [0.15, 0.2) is 14.3 Å². The molecule has 0 spiro atoms. The second kappa shape index (κ2) is 20.9. The van der Waals surface area contributed by atoms with Crippen molar-refractivity contribution >= 4 is 57.5 Å². The number of benzene rings is 7. The van der Waals surface area contributed by atoms with E-state index in [0.29, 0.717) is 10.9 Å². The number of rotatable bonds is 8. The number of allylic oxidation sites excluding steroid dienone is 1. The Labute approximate surface area is 390 Å². The maximum absolute atomic E-state index is 13.8. The van der Waals surface area contributed by atoms with Gasteiger partial charge in [-0.1, -0.05) is 170 Å². The SMILES string of the molecule is C=C(C)P(=O)(c1ccccc1)c1ccccc1.Cn1c(=O)c(C(=O)c2ccc(F)cc2)c(O)c2ccccc21.O=P(c1ccccc1)(c1ccccc1)c1ccccc1.[Eu]. The number of para-hydroxylation sites is 1. The standard InChI is InChI=1S/C18H15OP.C17H12FNO3.C15H15OP.Eu/c19-20(16-10-4-1-5-11-16,17-12-6-2-7-13-17)18-14-8-3-9-15-18;1-19-13-5-3-2-4-12(13)16(21)14(17(19)22)15(20)10-6-8-11(18)9-7-10;1-13(2)17(16,14-9-5-3-6-10-14)15-11-7-4-8-12-15;/h1-15H;2-9,21H,1H3;3-12H,1H2,2H3;. The third-order valence-electron chi connectivity index (χ3n) is 9.75. The van der Waals surface area contributed by atoms with Crippen molar-refractivity contribution in [2.75, 3.05) is 0 Å². The summed E-state index contributed by atoms with van der Waals surface area (Å²) in [6.07, 6.45) is 0. The van der Waals surface area contributed by atoms with Crippen molar-refractivity contribution in [2.45, 2.75) is 6.92 Å². The van der Waals surface area contributed by atoms with E-state index in [1.165, 1.54) is 23.7 Å². The van der Waals surface area contributed by atoms with E-state index >= 15 is 0 Å². The van der Waals surface area contributed by atoms with Gasteiger partial charge < -0.3 is 18.8 Å². The number of aromatic hydroxyl groups is 1. The molecule has 0 bridgehead atoms. The van der Waals surface area contributed by atoms with Crippen LogP contribution in [0.3, 0.4) is 0 Å². The number of aromatic nitrogens is 1. The minimum absolute atomic E-state index is 0. The normalized spacial score (nSPS) is 10.8. The second-order valence-electron chi connectivity index (χ2n) is 13.6. The number of halogens is 1. The van der Waals surface area contributed by atoms with Crippen LogP contribution in [0.15, 0.2) is 217 Å². The van der Waals surface area contributed by atoms with Crippen LogP contribution in [0.4, 0.5) is 4.39 Å². The number of aryl methyl sites for hydroxylation is 1. The molecule has 0 amide bonds. The van der Waals surface area contributed by atoms with E-state index in [0.717, 1.165) is 44.0 Å². The minimum Gasteiger partial charge on any atom is -0.506 e. The molecule has 7 aromatic carbocycles. The Hall–Kier alpha value is -5.07. The number of hydrogen-bond donors (Lipinski definition) is 1. The van der Waals surface area contributed by atoms with Gasteiger partial charge in [0.05, 0.1) is 5.52 Å². The number of pyridine rings is 1. The fourth-order valence-corrected chi connectivity index (χ4v) is 11.7. The molecule has 0 saturated carbocycles. The third kappa shape index (κ3) is 9.93. The number of ketones is 1. The van der Waals surface area contributed by atoms with E-state index in [1.807, 2.05) is 159 Å². The van der Waals surface area contributed by atoms with Crippen molar-refractivity contribution in [3.05, 3.63) is 239 Å². The van der Waals surface area contributed by atoms with Gasteiger partial charge in [-0.25, -0.2) is 4.39 Å². The van der Waals surface area contributed by atoms with Gasteiger partial charge in [0.2, 0.25) is 5.78 Å². The van der Waals surface area contributed by atoms with Crippen LogP contribution in [0, 0.1) is 55.2 Å². The molecule has 0 aliphatic carbocycles. The quantitative estimate of drug-likeness (QED) is 0.121. The topological polar surface area (TPSA) is 93.4 Å². The molecule has 0 aliphatic heterocycles. The molecule has 1 heterocycles. The third-order valence-corrected chi connectivity index (χ3v) is 15.9. The van der Waals surface area contributed by atoms with E-state index in [9.17, 15) is 28.2 Å². The molecule has 1 N–H and O–H groups in total. The van der Waals surface area contributed by atoms with E-state index in [4.69, 9.17) is 0 Å². The summed E-state index contributed by atoms with van der Waals surface area (Å²) >= 11 is 0. The van der Waals surface area contributed by atoms with Crippen LogP contribution in [0.2, 0.25) is 0 Å². The summed E-state index contributed by atoms with van der Waals surface area (Å²) in [6.45, 7) is 5.75. The first-order chi connectivity index (χ1) is 28.5. The van der Waals surface area contributed by atoms with Crippen molar-refractivity contribution < 1.29 is 72.8 Å². The fourth-order valence-electron chi connectivity index (χ4n) is 6.66. The molecular weight excluding hydrogens is 927 g/mol. The summed E-state index contributed by atoms with van der Waals surface area (Å²) in [5, 5.41) is 15.8. The van der Waals surface area contributed by atoms with E-state index < -0.39 is 31.4 Å². The van der Waals surface area contributed by atoms with Crippen molar-refractivity contribution in [1.82, 2.24) is 4.57 Å². The second-order valence-corrected chi connectivity index (χ2v) is 19.4. The van der Waals surface area contributed by atoms with Crippen LogP contribution >= 0.6 is 14.3 Å². The van der Waals surface area contributed by atoms with E-state index in [-0.39, 0.29) is 66.3 Å². The van der Waals surface area contributed by atoms with Gasteiger partial charge in [-0.3, -0.25) is 9.59 Å². The molecule has 301 valence electrons. The van der Waals surface area contributed by atoms with Crippen LogP contribution in [0.1, 0.15) is 22.8 Å². The minimum atomic E-state index is -2.78. The van der Waals surface area contributed by atoms with Crippen molar-refractivity contribution in [2.24, 2.45) is 7.05 Å². The zero-order valence-corrected chi connectivity index (χ0v) is 37.2. The molecule has 0 unspecified atom stereocenters.